The topological polar surface area (TPSA) is 101 Å². The average Bonchev–Trinajstić information content (AvgIpc) is 2.94. The largest absolute Gasteiger partial charge is 0.372 e. The fourth-order valence-corrected chi connectivity index (χ4v) is 2.49. The monoisotopic (exact) mass is 290 g/mol. The predicted octanol–water partition coefficient (Wildman–Crippen LogP) is 0.736. The van der Waals surface area contributed by atoms with Gasteiger partial charge >= 0.3 is 0 Å². The van der Waals surface area contributed by atoms with Gasteiger partial charge in [-0.05, 0) is 43.5 Å². The lowest BCUT2D eigenvalue weighted by atomic mass is 10.1. The Morgan fingerprint density at radius 1 is 1.33 bits per heavy atom. The number of carbonyl (C=O) groups excluding carboxylic acids is 2. The van der Waals surface area contributed by atoms with E-state index in [4.69, 9.17) is 11.5 Å². The number of nitrogens with zero attached hydrogens (tertiary/aromatic N) is 1. The molecule has 1 aromatic rings. The van der Waals surface area contributed by atoms with Crippen LogP contribution in [-0.2, 0) is 9.59 Å². The van der Waals surface area contributed by atoms with Crippen LogP contribution in [0.1, 0.15) is 24.8 Å². The molecule has 5 N–H and O–H groups in total. The molecular weight excluding hydrogens is 268 g/mol. The van der Waals surface area contributed by atoms with Crippen molar-refractivity contribution in [3.8, 4) is 0 Å². The van der Waals surface area contributed by atoms with Crippen LogP contribution in [0.4, 0.5) is 11.4 Å². The van der Waals surface area contributed by atoms with Gasteiger partial charge < -0.3 is 21.7 Å². The molecular formula is C15H22N4O2. The Hall–Kier alpha value is -2.08. The summed E-state index contributed by atoms with van der Waals surface area (Å²) in [6.45, 7) is 4.10. The maximum absolute atomic E-state index is 11.9. The van der Waals surface area contributed by atoms with Crippen LogP contribution < -0.4 is 21.7 Å². The van der Waals surface area contributed by atoms with E-state index in [1.807, 2.05) is 19.1 Å². The predicted molar refractivity (Wildman–Crippen MR) is 83.0 cm³/mol. The third-order valence-electron chi connectivity index (χ3n) is 3.70. The summed E-state index contributed by atoms with van der Waals surface area (Å²) in [6, 6.07) is 5.01. The second-order valence-corrected chi connectivity index (χ2v) is 5.46. The van der Waals surface area contributed by atoms with Gasteiger partial charge in [-0.15, -0.1) is 0 Å². The van der Waals surface area contributed by atoms with E-state index in [2.05, 4.69) is 16.3 Å². The number of hydrogen-bond acceptors (Lipinski definition) is 4. The van der Waals surface area contributed by atoms with Crippen LogP contribution in [0.5, 0.6) is 0 Å². The molecule has 1 saturated heterocycles. The molecule has 1 fully saturated rings. The summed E-state index contributed by atoms with van der Waals surface area (Å²) in [6.07, 6.45) is 2.29. The number of hydrogen-bond donors (Lipinski definition) is 3. The van der Waals surface area contributed by atoms with Crippen molar-refractivity contribution in [1.29, 1.82) is 0 Å². The lowest BCUT2D eigenvalue weighted by Crippen LogP contribution is -2.39. The summed E-state index contributed by atoms with van der Waals surface area (Å²) in [5.41, 5.74) is 13.5. The molecule has 2 rings (SSSR count). The van der Waals surface area contributed by atoms with Crippen molar-refractivity contribution in [1.82, 2.24) is 0 Å². The summed E-state index contributed by atoms with van der Waals surface area (Å²) in [5, 5.41) is 2.74. The van der Waals surface area contributed by atoms with Crippen molar-refractivity contribution in [3.63, 3.8) is 0 Å². The smallest absolute Gasteiger partial charge is 0.241 e. The molecule has 1 heterocycles. The van der Waals surface area contributed by atoms with Crippen molar-refractivity contribution >= 4 is 23.2 Å². The molecule has 2 amide bonds. The fraction of sp³-hybridized carbons (Fsp3) is 0.467. The maximum Gasteiger partial charge on any atom is 0.241 e. The van der Waals surface area contributed by atoms with Crippen molar-refractivity contribution in [2.24, 2.45) is 11.5 Å². The summed E-state index contributed by atoms with van der Waals surface area (Å²) in [4.78, 5) is 25.0. The van der Waals surface area contributed by atoms with Crippen molar-refractivity contribution in [2.75, 3.05) is 23.3 Å². The Balaban J connectivity index is 2.03. The molecule has 1 unspecified atom stereocenters. The van der Waals surface area contributed by atoms with Crippen LogP contribution in [0.15, 0.2) is 18.2 Å². The fourth-order valence-electron chi connectivity index (χ4n) is 2.49. The van der Waals surface area contributed by atoms with Crippen LogP contribution in [-0.4, -0.2) is 30.9 Å². The van der Waals surface area contributed by atoms with E-state index < -0.39 is 17.9 Å². The Morgan fingerprint density at radius 3 is 2.57 bits per heavy atom. The number of nitrogens with one attached hydrogen (secondary N) is 1. The van der Waals surface area contributed by atoms with Crippen molar-refractivity contribution in [2.45, 2.75) is 32.2 Å². The van der Waals surface area contributed by atoms with Crippen molar-refractivity contribution < 1.29 is 9.59 Å². The molecule has 1 aliphatic rings. The maximum atomic E-state index is 11.9. The highest BCUT2D eigenvalue weighted by molar-refractivity contribution is 5.97. The number of benzene rings is 1. The van der Waals surface area contributed by atoms with Gasteiger partial charge in [0, 0.05) is 24.5 Å². The second-order valence-electron chi connectivity index (χ2n) is 5.46. The molecule has 0 saturated carbocycles. The first-order valence-electron chi connectivity index (χ1n) is 7.17. The van der Waals surface area contributed by atoms with Gasteiger partial charge in [0.15, 0.2) is 0 Å². The third-order valence-corrected chi connectivity index (χ3v) is 3.70. The van der Waals surface area contributed by atoms with Gasteiger partial charge in [0.2, 0.25) is 11.8 Å². The van der Waals surface area contributed by atoms with E-state index in [9.17, 15) is 9.59 Å². The molecule has 6 nitrogen and oxygen atoms in total. The SMILES string of the molecule is Cc1cc(N2CCCC2)ccc1NC(=O)C(N)CC(N)=O. The zero-order valence-corrected chi connectivity index (χ0v) is 12.3. The van der Waals surface area contributed by atoms with E-state index in [0.717, 1.165) is 18.7 Å². The first kappa shape index (κ1) is 15.3. The molecule has 1 aliphatic heterocycles. The second kappa shape index (κ2) is 6.58. The molecule has 0 aliphatic carbocycles. The molecule has 0 aromatic heterocycles. The first-order valence-corrected chi connectivity index (χ1v) is 7.17. The molecule has 6 heteroatoms. The molecule has 21 heavy (non-hydrogen) atoms. The minimum atomic E-state index is -0.917. The first-order chi connectivity index (χ1) is 9.97. The van der Waals surface area contributed by atoms with E-state index in [-0.39, 0.29) is 6.42 Å². The molecule has 114 valence electrons. The highest BCUT2D eigenvalue weighted by atomic mass is 16.2. The van der Waals surface area contributed by atoms with Crippen LogP contribution in [0, 0.1) is 6.92 Å². The standard InChI is InChI=1S/C15H22N4O2/c1-10-8-11(19-6-2-3-7-19)4-5-13(10)18-15(21)12(16)9-14(17)20/h4-5,8,12H,2-3,6-7,9,16H2,1H3,(H2,17,20)(H,18,21). The molecule has 0 bridgehead atoms. The summed E-state index contributed by atoms with van der Waals surface area (Å²) in [5.74, 6) is -0.982. The highest BCUT2D eigenvalue weighted by Gasteiger charge is 2.18. The highest BCUT2D eigenvalue weighted by Crippen LogP contribution is 2.25. The number of rotatable bonds is 5. The van der Waals surface area contributed by atoms with Crippen LogP contribution in [0.3, 0.4) is 0 Å². The van der Waals surface area contributed by atoms with Gasteiger partial charge in [-0.2, -0.15) is 0 Å². The number of carbonyl (C=O) groups is 2. The Morgan fingerprint density at radius 2 is 2.00 bits per heavy atom. The van der Waals surface area contributed by atoms with Gasteiger partial charge in [0.05, 0.1) is 12.5 Å². The third kappa shape index (κ3) is 3.95. The number of nitrogens with two attached hydrogens (primary N) is 2. The van der Waals surface area contributed by atoms with Gasteiger partial charge in [-0.3, -0.25) is 9.59 Å². The minimum absolute atomic E-state index is 0.156. The van der Waals surface area contributed by atoms with Gasteiger partial charge in [-0.1, -0.05) is 0 Å². The Kier molecular flexibility index (Phi) is 4.80. The zero-order chi connectivity index (χ0) is 15.4. The van der Waals surface area contributed by atoms with E-state index in [0.29, 0.717) is 5.69 Å². The van der Waals surface area contributed by atoms with Gasteiger partial charge in [0.1, 0.15) is 0 Å². The van der Waals surface area contributed by atoms with Crippen molar-refractivity contribution in [3.05, 3.63) is 23.8 Å². The molecule has 1 atom stereocenters. The van der Waals surface area contributed by atoms with Gasteiger partial charge in [0.25, 0.3) is 0 Å². The summed E-state index contributed by atoms with van der Waals surface area (Å²) < 4.78 is 0. The number of anilines is 2. The van der Waals surface area contributed by atoms with Crippen LogP contribution >= 0.6 is 0 Å². The molecule has 1 aromatic carbocycles. The Bertz CT molecular complexity index is 538. The minimum Gasteiger partial charge on any atom is -0.372 e. The zero-order valence-electron chi connectivity index (χ0n) is 12.3. The lowest BCUT2D eigenvalue weighted by Gasteiger charge is -2.20. The van der Waals surface area contributed by atoms with Gasteiger partial charge in [-0.25, -0.2) is 0 Å². The van der Waals surface area contributed by atoms with E-state index in [1.54, 1.807) is 0 Å². The average molecular weight is 290 g/mol. The van der Waals surface area contributed by atoms with E-state index in [1.165, 1.54) is 18.5 Å². The summed E-state index contributed by atoms with van der Waals surface area (Å²) in [7, 11) is 0. The Labute approximate surface area is 124 Å². The van der Waals surface area contributed by atoms with Crippen LogP contribution in [0.25, 0.3) is 0 Å². The quantitative estimate of drug-likeness (QED) is 0.744. The normalized spacial score (nSPS) is 15.8. The van der Waals surface area contributed by atoms with Crippen LogP contribution in [0.2, 0.25) is 0 Å². The number of aryl methyl sites for hydroxylation is 1. The molecule has 0 radical (unpaired) electrons. The van der Waals surface area contributed by atoms with E-state index >= 15 is 0 Å². The number of primary amides is 1. The lowest BCUT2D eigenvalue weighted by molar-refractivity contribution is -0.123. The number of amides is 2. The molecule has 0 spiro atoms. The summed E-state index contributed by atoms with van der Waals surface area (Å²) >= 11 is 0.